The number of hydrogen-bond donors (Lipinski definition) is 0. The molecule has 0 spiro atoms. The number of hydrogen-bond acceptors (Lipinski definition) is 3. The van der Waals surface area contributed by atoms with Crippen LogP contribution in [0.15, 0.2) is 83.8 Å². The topological polar surface area (TPSA) is 26.3 Å². The second-order valence-corrected chi connectivity index (χ2v) is 6.38. The zero-order valence-electron chi connectivity index (χ0n) is 13.4. The summed E-state index contributed by atoms with van der Waals surface area (Å²) in [5.74, 6) is 1.38. The fourth-order valence-corrected chi connectivity index (χ4v) is 3.18. The van der Waals surface area contributed by atoms with Gasteiger partial charge in [-0.3, -0.25) is 4.79 Å². The van der Waals surface area contributed by atoms with Crippen molar-refractivity contribution >= 4 is 17.5 Å². The predicted octanol–water partition coefficient (Wildman–Crippen LogP) is 5.34. The molecule has 0 radical (unpaired) electrons. The third-order valence-electron chi connectivity index (χ3n) is 3.74. The number of ketones is 1. The number of ether oxygens (including phenoxy) is 1. The summed E-state index contributed by atoms with van der Waals surface area (Å²) in [6, 6.07) is 25.7. The number of benzene rings is 3. The first-order valence-corrected chi connectivity index (χ1v) is 8.70. The van der Waals surface area contributed by atoms with E-state index in [0.717, 1.165) is 27.3 Å². The smallest absolute Gasteiger partial charge is 0.173 e. The lowest BCUT2D eigenvalue weighted by Gasteiger charge is -2.05. The van der Waals surface area contributed by atoms with E-state index in [-0.39, 0.29) is 5.78 Å². The Balaban J connectivity index is 1.62. The number of thioether (sulfide) groups is 1. The lowest BCUT2D eigenvalue weighted by molar-refractivity contribution is 0.102. The van der Waals surface area contributed by atoms with Gasteiger partial charge in [-0.1, -0.05) is 54.6 Å². The molecule has 0 aliphatic heterocycles. The minimum Gasteiger partial charge on any atom is -0.497 e. The molecule has 0 heterocycles. The Hall–Kier alpha value is -2.52. The molecular formula is C21H18O2S. The van der Waals surface area contributed by atoms with Crippen molar-refractivity contribution in [2.75, 3.05) is 12.9 Å². The molecule has 0 fully saturated rings. The third-order valence-corrected chi connectivity index (χ3v) is 4.76. The summed E-state index contributed by atoms with van der Waals surface area (Å²) in [5, 5.41) is 0. The molecule has 0 saturated carbocycles. The van der Waals surface area contributed by atoms with Crippen LogP contribution in [0.4, 0.5) is 0 Å². The third kappa shape index (κ3) is 4.06. The van der Waals surface area contributed by atoms with Crippen LogP contribution in [0.5, 0.6) is 5.75 Å². The van der Waals surface area contributed by atoms with E-state index in [1.807, 2.05) is 66.7 Å². The zero-order chi connectivity index (χ0) is 16.8. The molecule has 3 aromatic carbocycles. The fourth-order valence-electron chi connectivity index (χ4n) is 2.38. The molecule has 3 aromatic rings. The van der Waals surface area contributed by atoms with Crippen molar-refractivity contribution in [3.05, 3.63) is 84.4 Å². The lowest BCUT2D eigenvalue weighted by atomic mass is 10.0. The van der Waals surface area contributed by atoms with Gasteiger partial charge in [0.15, 0.2) is 5.78 Å². The first kappa shape index (κ1) is 16.3. The summed E-state index contributed by atoms with van der Waals surface area (Å²) in [6.45, 7) is 0. The van der Waals surface area contributed by atoms with E-state index in [4.69, 9.17) is 4.74 Å². The Morgan fingerprint density at radius 1 is 0.833 bits per heavy atom. The molecule has 0 aliphatic rings. The zero-order valence-corrected chi connectivity index (χ0v) is 14.3. The maximum absolute atomic E-state index is 12.3. The minimum absolute atomic E-state index is 0.135. The Morgan fingerprint density at radius 3 is 2.08 bits per heavy atom. The van der Waals surface area contributed by atoms with E-state index in [0.29, 0.717) is 5.75 Å². The van der Waals surface area contributed by atoms with Gasteiger partial charge in [0, 0.05) is 10.5 Å². The molecule has 0 unspecified atom stereocenters. The minimum atomic E-state index is 0.135. The van der Waals surface area contributed by atoms with Gasteiger partial charge in [-0.25, -0.2) is 0 Å². The van der Waals surface area contributed by atoms with Crippen LogP contribution >= 0.6 is 11.8 Å². The molecule has 0 bridgehead atoms. The van der Waals surface area contributed by atoms with Crippen LogP contribution in [0, 0.1) is 0 Å². The summed E-state index contributed by atoms with van der Waals surface area (Å²) in [5.41, 5.74) is 3.02. The van der Waals surface area contributed by atoms with Crippen molar-refractivity contribution in [1.82, 2.24) is 0 Å². The van der Waals surface area contributed by atoms with E-state index >= 15 is 0 Å². The molecule has 0 aliphatic carbocycles. The molecular weight excluding hydrogens is 316 g/mol. The van der Waals surface area contributed by atoms with Crippen molar-refractivity contribution in [3.63, 3.8) is 0 Å². The number of carbonyl (C=O) groups is 1. The standard InChI is InChI=1S/C21H18O2S/c1-23-19-11-13-20(14-12-19)24-15-21(22)18-9-7-17(8-10-18)16-5-3-2-4-6-16/h2-14H,15H2,1H3. The summed E-state index contributed by atoms with van der Waals surface area (Å²) in [4.78, 5) is 13.4. The fraction of sp³-hybridized carbons (Fsp3) is 0.0952. The van der Waals surface area contributed by atoms with Gasteiger partial charge in [0.2, 0.25) is 0 Å². The largest absolute Gasteiger partial charge is 0.497 e. The lowest BCUT2D eigenvalue weighted by Crippen LogP contribution is -2.02. The molecule has 0 aromatic heterocycles. The van der Waals surface area contributed by atoms with Gasteiger partial charge in [0.05, 0.1) is 12.9 Å². The molecule has 0 atom stereocenters. The van der Waals surface area contributed by atoms with E-state index < -0.39 is 0 Å². The molecule has 24 heavy (non-hydrogen) atoms. The van der Waals surface area contributed by atoms with Crippen LogP contribution in [-0.4, -0.2) is 18.6 Å². The van der Waals surface area contributed by atoms with Gasteiger partial charge in [-0.15, -0.1) is 11.8 Å². The number of Topliss-reactive ketones (excluding diaryl/α,β-unsaturated/α-hetero) is 1. The highest BCUT2D eigenvalue weighted by Crippen LogP contribution is 2.23. The number of methoxy groups -OCH3 is 1. The monoisotopic (exact) mass is 334 g/mol. The normalized spacial score (nSPS) is 10.4. The highest BCUT2D eigenvalue weighted by Gasteiger charge is 2.07. The quantitative estimate of drug-likeness (QED) is 0.450. The second-order valence-electron chi connectivity index (χ2n) is 5.33. The Bertz CT molecular complexity index is 794. The number of carbonyl (C=O) groups excluding carboxylic acids is 1. The number of rotatable bonds is 6. The van der Waals surface area contributed by atoms with Gasteiger partial charge in [-0.05, 0) is 35.4 Å². The summed E-state index contributed by atoms with van der Waals surface area (Å²) < 4.78 is 5.14. The van der Waals surface area contributed by atoms with Gasteiger partial charge in [0.25, 0.3) is 0 Å². The molecule has 2 nitrogen and oxygen atoms in total. The highest BCUT2D eigenvalue weighted by molar-refractivity contribution is 8.00. The van der Waals surface area contributed by atoms with Crippen LogP contribution in [0.2, 0.25) is 0 Å². The van der Waals surface area contributed by atoms with Crippen LogP contribution in [0.25, 0.3) is 11.1 Å². The maximum Gasteiger partial charge on any atom is 0.173 e. The first-order valence-electron chi connectivity index (χ1n) is 7.72. The van der Waals surface area contributed by atoms with Crippen LogP contribution in [0.1, 0.15) is 10.4 Å². The van der Waals surface area contributed by atoms with Crippen molar-refractivity contribution in [2.45, 2.75) is 4.90 Å². The van der Waals surface area contributed by atoms with E-state index in [9.17, 15) is 4.79 Å². The summed E-state index contributed by atoms with van der Waals surface area (Å²) >= 11 is 1.54. The molecule has 3 rings (SSSR count). The maximum atomic E-state index is 12.3. The highest BCUT2D eigenvalue weighted by atomic mass is 32.2. The van der Waals surface area contributed by atoms with Gasteiger partial charge in [-0.2, -0.15) is 0 Å². The van der Waals surface area contributed by atoms with E-state index in [2.05, 4.69) is 12.1 Å². The van der Waals surface area contributed by atoms with Crippen molar-refractivity contribution < 1.29 is 9.53 Å². The van der Waals surface area contributed by atoms with Crippen molar-refractivity contribution in [2.24, 2.45) is 0 Å². The SMILES string of the molecule is COc1ccc(SCC(=O)c2ccc(-c3ccccc3)cc2)cc1. The molecule has 0 saturated heterocycles. The first-order chi connectivity index (χ1) is 11.8. The molecule has 0 amide bonds. The van der Waals surface area contributed by atoms with Crippen LogP contribution < -0.4 is 4.74 Å². The van der Waals surface area contributed by atoms with Crippen LogP contribution in [-0.2, 0) is 0 Å². The average molecular weight is 334 g/mol. The van der Waals surface area contributed by atoms with Gasteiger partial charge in [0.1, 0.15) is 5.75 Å². The van der Waals surface area contributed by atoms with E-state index in [1.54, 1.807) is 7.11 Å². The van der Waals surface area contributed by atoms with Gasteiger partial charge >= 0.3 is 0 Å². The van der Waals surface area contributed by atoms with E-state index in [1.165, 1.54) is 11.8 Å². The Kier molecular flexibility index (Phi) is 5.34. The molecule has 0 N–H and O–H groups in total. The average Bonchev–Trinajstić information content (AvgIpc) is 2.67. The van der Waals surface area contributed by atoms with Crippen molar-refractivity contribution in [3.8, 4) is 16.9 Å². The Labute approximate surface area is 146 Å². The van der Waals surface area contributed by atoms with Crippen LogP contribution in [0.3, 0.4) is 0 Å². The summed E-state index contributed by atoms with van der Waals surface area (Å²) in [6.07, 6.45) is 0. The Morgan fingerprint density at radius 2 is 1.46 bits per heavy atom. The summed E-state index contributed by atoms with van der Waals surface area (Å²) in [7, 11) is 1.64. The predicted molar refractivity (Wildman–Crippen MR) is 99.9 cm³/mol. The second kappa shape index (κ2) is 7.84. The molecule has 120 valence electrons. The van der Waals surface area contributed by atoms with Gasteiger partial charge < -0.3 is 4.74 Å². The molecule has 3 heteroatoms. The van der Waals surface area contributed by atoms with Crippen molar-refractivity contribution in [1.29, 1.82) is 0 Å².